The Hall–Kier alpha value is 0.0662. The van der Waals surface area contributed by atoms with Crippen LogP contribution in [-0.4, -0.2) is 36.8 Å². The summed E-state index contributed by atoms with van der Waals surface area (Å²) in [5.74, 6) is 1.60. The normalized spacial score (nSPS) is 8.62. The molecule has 0 N–H and O–H groups in total. The maximum atomic E-state index is 5.50. The molecule has 1 rings (SSSR count). The van der Waals surface area contributed by atoms with Crippen molar-refractivity contribution in [2.24, 2.45) is 0 Å². The van der Waals surface area contributed by atoms with E-state index in [9.17, 15) is 0 Å². The van der Waals surface area contributed by atoms with Crippen LogP contribution in [0.3, 0.4) is 0 Å². The molecule has 0 bridgehead atoms. The molecule has 0 aromatic heterocycles. The molecule has 1 aromatic carbocycles. The Bertz CT molecular complexity index is 252. The SMILES string of the molecule is CCCCCOc1[c-]cc(OC)cc1.[Br-].[Mg+2]. The second kappa shape index (κ2) is 11.5. The predicted octanol–water partition coefficient (Wildman–Crippen LogP) is -0.312. The van der Waals surface area contributed by atoms with Gasteiger partial charge in [0.15, 0.2) is 0 Å². The van der Waals surface area contributed by atoms with Gasteiger partial charge in [0.2, 0.25) is 0 Å². The summed E-state index contributed by atoms with van der Waals surface area (Å²) in [6.07, 6.45) is 3.54. The zero-order valence-electron chi connectivity index (χ0n) is 9.96. The van der Waals surface area contributed by atoms with Crippen LogP contribution < -0.4 is 26.5 Å². The Kier molecular flexibility index (Phi) is 13.3. The minimum Gasteiger partial charge on any atom is -1.00 e. The van der Waals surface area contributed by atoms with Gasteiger partial charge < -0.3 is 26.5 Å². The first-order chi connectivity index (χ1) is 6.86. The van der Waals surface area contributed by atoms with Crippen LogP contribution in [0.5, 0.6) is 11.5 Å². The Morgan fingerprint density at radius 2 is 2.00 bits per heavy atom. The molecule has 0 atom stereocenters. The Balaban J connectivity index is 0. The van der Waals surface area contributed by atoms with E-state index in [-0.39, 0.29) is 40.0 Å². The van der Waals surface area contributed by atoms with E-state index in [2.05, 4.69) is 13.0 Å². The Morgan fingerprint density at radius 3 is 2.50 bits per heavy atom. The standard InChI is InChI=1S/C12H17O2.BrH.Mg/c1-3-4-5-10-14-12-8-6-11(13-2)7-9-12;;/h6-8H,3-5,10H2,1-2H3;1H;/q-1;;+2/p-1. The maximum Gasteiger partial charge on any atom is 2.00 e. The molecule has 1 aromatic rings. The van der Waals surface area contributed by atoms with Crippen molar-refractivity contribution >= 4 is 23.1 Å². The van der Waals surface area contributed by atoms with E-state index in [1.807, 2.05) is 12.1 Å². The Labute approximate surface area is 125 Å². The maximum absolute atomic E-state index is 5.50. The zero-order valence-corrected chi connectivity index (χ0v) is 13.0. The van der Waals surface area contributed by atoms with Crippen LogP contribution in [0.4, 0.5) is 0 Å². The average Bonchev–Trinajstić information content (AvgIpc) is 2.25. The van der Waals surface area contributed by atoms with Gasteiger partial charge in [0, 0.05) is 11.5 Å². The molecule has 16 heavy (non-hydrogen) atoms. The van der Waals surface area contributed by atoms with Gasteiger partial charge >= 0.3 is 23.1 Å². The first kappa shape index (κ1) is 18.4. The van der Waals surface area contributed by atoms with Gasteiger partial charge in [0.25, 0.3) is 0 Å². The molecule has 2 nitrogen and oxygen atoms in total. The topological polar surface area (TPSA) is 18.5 Å². The molecule has 0 unspecified atom stereocenters. The van der Waals surface area contributed by atoms with E-state index in [1.165, 1.54) is 12.8 Å². The van der Waals surface area contributed by atoms with Crippen molar-refractivity contribution < 1.29 is 26.5 Å². The fraction of sp³-hybridized carbons (Fsp3) is 0.500. The number of halogens is 1. The average molecular weight is 297 g/mol. The van der Waals surface area contributed by atoms with E-state index in [0.717, 1.165) is 24.5 Å². The number of methoxy groups -OCH3 is 1. The van der Waals surface area contributed by atoms with Crippen molar-refractivity contribution in [3.63, 3.8) is 0 Å². The quantitative estimate of drug-likeness (QED) is 0.407. The van der Waals surface area contributed by atoms with Crippen LogP contribution in [-0.2, 0) is 0 Å². The van der Waals surface area contributed by atoms with Crippen molar-refractivity contribution in [3.8, 4) is 11.5 Å². The van der Waals surface area contributed by atoms with Gasteiger partial charge in [-0.1, -0.05) is 19.8 Å². The van der Waals surface area contributed by atoms with Gasteiger partial charge in [0.1, 0.15) is 0 Å². The summed E-state index contributed by atoms with van der Waals surface area (Å²) < 4.78 is 10.5. The monoisotopic (exact) mass is 296 g/mol. The number of unbranched alkanes of at least 4 members (excludes halogenated alkanes) is 2. The van der Waals surface area contributed by atoms with Crippen molar-refractivity contribution in [2.45, 2.75) is 26.2 Å². The third kappa shape index (κ3) is 7.36. The summed E-state index contributed by atoms with van der Waals surface area (Å²) in [6.45, 7) is 2.95. The first-order valence-corrected chi connectivity index (χ1v) is 5.05. The summed E-state index contributed by atoms with van der Waals surface area (Å²) >= 11 is 0. The molecule has 0 radical (unpaired) electrons. The fourth-order valence-electron chi connectivity index (χ4n) is 1.15. The molecule has 0 aliphatic heterocycles. The molecule has 0 spiro atoms. The van der Waals surface area contributed by atoms with E-state index in [1.54, 1.807) is 13.2 Å². The van der Waals surface area contributed by atoms with Crippen LogP contribution in [0, 0.1) is 6.07 Å². The van der Waals surface area contributed by atoms with Crippen molar-refractivity contribution in [1.29, 1.82) is 0 Å². The summed E-state index contributed by atoms with van der Waals surface area (Å²) in [5.41, 5.74) is 0. The van der Waals surface area contributed by atoms with Gasteiger partial charge in [-0.05, 0) is 6.42 Å². The predicted molar refractivity (Wildman–Crippen MR) is 62.6 cm³/mol. The number of ether oxygens (including phenoxy) is 2. The number of benzene rings is 1. The minimum atomic E-state index is 0. The molecule has 0 aliphatic carbocycles. The molecular formula is C12H17BrMgO2. The third-order valence-electron chi connectivity index (χ3n) is 2.00. The second-order valence-electron chi connectivity index (χ2n) is 3.15. The van der Waals surface area contributed by atoms with Crippen LogP contribution in [0.2, 0.25) is 0 Å². The van der Waals surface area contributed by atoms with E-state index in [4.69, 9.17) is 9.47 Å². The first-order valence-electron chi connectivity index (χ1n) is 5.05. The van der Waals surface area contributed by atoms with Crippen molar-refractivity contribution in [2.75, 3.05) is 13.7 Å². The third-order valence-corrected chi connectivity index (χ3v) is 2.00. The summed E-state index contributed by atoms with van der Waals surface area (Å²) in [5, 5.41) is 0. The van der Waals surface area contributed by atoms with E-state index in [0.29, 0.717) is 0 Å². The molecule has 0 aliphatic rings. The van der Waals surface area contributed by atoms with Gasteiger partial charge in [0.05, 0.1) is 13.7 Å². The summed E-state index contributed by atoms with van der Waals surface area (Å²) in [7, 11) is 1.64. The molecule has 4 heteroatoms. The number of rotatable bonds is 6. The van der Waals surface area contributed by atoms with Gasteiger partial charge in [-0.15, -0.1) is 24.3 Å². The van der Waals surface area contributed by atoms with Gasteiger partial charge in [-0.3, -0.25) is 0 Å². The summed E-state index contributed by atoms with van der Waals surface area (Å²) in [4.78, 5) is 0. The van der Waals surface area contributed by atoms with Crippen LogP contribution >= 0.6 is 0 Å². The van der Waals surface area contributed by atoms with Crippen molar-refractivity contribution in [3.05, 3.63) is 24.3 Å². The number of hydrogen-bond acceptors (Lipinski definition) is 2. The van der Waals surface area contributed by atoms with Crippen LogP contribution in [0.15, 0.2) is 18.2 Å². The fourth-order valence-corrected chi connectivity index (χ4v) is 1.15. The molecule has 86 valence electrons. The summed E-state index contributed by atoms with van der Waals surface area (Å²) in [6, 6.07) is 8.56. The van der Waals surface area contributed by atoms with Crippen LogP contribution in [0.1, 0.15) is 26.2 Å². The zero-order chi connectivity index (χ0) is 10.2. The molecule has 0 heterocycles. The largest absolute Gasteiger partial charge is 2.00 e. The molecule has 0 saturated heterocycles. The number of hydrogen-bond donors (Lipinski definition) is 0. The molecule has 0 amide bonds. The molecule has 0 saturated carbocycles. The van der Waals surface area contributed by atoms with E-state index < -0.39 is 0 Å². The van der Waals surface area contributed by atoms with Crippen molar-refractivity contribution in [1.82, 2.24) is 0 Å². The second-order valence-corrected chi connectivity index (χ2v) is 3.15. The van der Waals surface area contributed by atoms with E-state index >= 15 is 0 Å². The molecule has 0 fully saturated rings. The van der Waals surface area contributed by atoms with Gasteiger partial charge in [-0.2, -0.15) is 0 Å². The molecular weight excluding hydrogens is 280 g/mol. The Morgan fingerprint density at radius 1 is 1.25 bits per heavy atom. The minimum absolute atomic E-state index is 0. The van der Waals surface area contributed by atoms with Gasteiger partial charge in [-0.25, -0.2) is 0 Å². The smallest absolute Gasteiger partial charge is 1.00 e. The van der Waals surface area contributed by atoms with Crippen LogP contribution in [0.25, 0.3) is 0 Å².